The number of unbranched alkanes of at least 4 members (excludes halogenated alkanes) is 2. The molecule has 0 amide bonds. The van der Waals surface area contributed by atoms with Crippen molar-refractivity contribution >= 4 is 5.97 Å². The number of aliphatic carboxylic acids is 1. The van der Waals surface area contributed by atoms with Crippen LogP contribution in [0.25, 0.3) is 0 Å². The maximum atomic E-state index is 9.76. The molecule has 0 saturated carbocycles. The van der Waals surface area contributed by atoms with Gasteiger partial charge in [-0.1, -0.05) is 19.8 Å². The summed E-state index contributed by atoms with van der Waals surface area (Å²) in [6.07, 6.45) is 3.04. The van der Waals surface area contributed by atoms with E-state index in [1.165, 1.54) is 0 Å². The molecule has 0 aromatic heterocycles. The summed E-state index contributed by atoms with van der Waals surface area (Å²) < 4.78 is 0. The fourth-order valence-electron chi connectivity index (χ4n) is 0.519. The molecule has 0 heterocycles. The number of rotatable bonds is 4. The van der Waals surface area contributed by atoms with E-state index in [1.807, 2.05) is 6.92 Å². The van der Waals surface area contributed by atoms with Gasteiger partial charge in [-0.2, -0.15) is 6.92 Å². The maximum Gasteiger partial charge on any atom is 2.00 e. The second-order valence-corrected chi connectivity index (χ2v) is 1.83. The van der Waals surface area contributed by atoms with E-state index in [0.29, 0.717) is 0 Å². The minimum absolute atomic E-state index is 0. The Labute approximate surface area is 82.1 Å². The number of carbonyl (C=O) groups is 1. The summed E-state index contributed by atoms with van der Waals surface area (Å²) in [6.45, 7) is 7.04. The first-order valence-electron chi connectivity index (χ1n) is 3.68. The normalized spacial score (nSPS) is 7.18. The zero-order valence-electron chi connectivity index (χ0n) is 7.19. The smallest absolute Gasteiger partial charge is 0.550 e. The van der Waals surface area contributed by atoms with E-state index in [2.05, 4.69) is 6.92 Å². The Bertz CT molecular complexity index is 74.5. The van der Waals surface area contributed by atoms with Gasteiger partial charge in [0.05, 0.1) is 0 Å². The van der Waals surface area contributed by atoms with Gasteiger partial charge >= 0.3 is 19.5 Å². The van der Waals surface area contributed by atoms with Crippen LogP contribution in [0.1, 0.15) is 39.5 Å². The van der Waals surface area contributed by atoms with E-state index in [4.69, 9.17) is 0 Å². The second kappa shape index (κ2) is 16.6. The van der Waals surface area contributed by atoms with E-state index in [9.17, 15) is 9.90 Å². The molecule has 0 unspecified atom stereocenters. The Balaban J connectivity index is -0.000000196. The molecule has 69 valence electrons. The van der Waals surface area contributed by atoms with Crippen LogP contribution in [0.2, 0.25) is 0 Å². The molecule has 0 aromatic rings. The molecule has 0 aromatic carbocycles. The topological polar surface area (TPSA) is 40.1 Å². The van der Waals surface area contributed by atoms with Crippen molar-refractivity contribution in [3.8, 4) is 0 Å². The quantitative estimate of drug-likeness (QED) is 0.425. The molecule has 0 aliphatic heterocycles. The molecule has 0 spiro atoms. The van der Waals surface area contributed by atoms with Crippen molar-refractivity contribution in [2.24, 2.45) is 0 Å². The van der Waals surface area contributed by atoms with Gasteiger partial charge in [0.25, 0.3) is 0 Å². The first kappa shape index (κ1) is 17.3. The Morgan fingerprint density at radius 1 is 1.36 bits per heavy atom. The van der Waals surface area contributed by atoms with Crippen LogP contribution in [-0.2, 0) is 24.3 Å². The van der Waals surface area contributed by atoms with Crippen LogP contribution in [0.4, 0.5) is 0 Å². The van der Waals surface area contributed by atoms with Gasteiger partial charge in [0, 0.05) is 5.97 Å². The largest absolute Gasteiger partial charge is 2.00 e. The molecular weight excluding hydrogens is 231 g/mol. The number of carboxylic acids is 1. The predicted molar refractivity (Wildman–Crippen MR) is 40.2 cm³/mol. The van der Waals surface area contributed by atoms with Crippen molar-refractivity contribution in [1.82, 2.24) is 0 Å². The molecule has 2 nitrogen and oxygen atoms in total. The minimum Gasteiger partial charge on any atom is -0.550 e. The minimum atomic E-state index is -0.932. The molecule has 0 rings (SSSR count). The van der Waals surface area contributed by atoms with E-state index in [-0.39, 0.29) is 25.9 Å². The summed E-state index contributed by atoms with van der Waals surface area (Å²) in [4.78, 5) is 9.76. The predicted octanol–water partition coefficient (Wildman–Crippen LogP) is 1.15. The molecule has 0 aliphatic carbocycles. The first-order valence-corrected chi connectivity index (χ1v) is 3.68. The molecular formula is C8H16O2Rh. The monoisotopic (exact) mass is 247 g/mol. The molecule has 0 bridgehead atoms. The van der Waals surface area contributed by atoms with Crippen LogP contribution in [0, 0.1) is 6.92 Å². The summed E-state index contributed by atoms with van der Waals surface area (Å²) in [7, 11) is 0. The number of carboxylic acid groups (broad SMARTS) is 1. The molecule has 0 fully saturated rings. The van der Waals surface area contributed by atoms with Gasteiger partial charge in [0.2, 0.25) is 0 Å². The summed E-state index contributed by atoms with van der Waals surface area (Å²) in [5.41, 5.74) is 0. The Kier molecular flexibility index (Phi) is 26.0. The maximum absolute atomic E-state index is 9.76. The van der Waals surface area contributed by atoms with Crippen LogP contribution >= 0.6 is 0 Å². The van der Waals surface area contributed by atoms with Crippen LogP contribution < -0.4 is 5.11 Å². The van der Waals surface area contributed by atoms with Gasteiger partial charge in [-0.3, -0.25) is 0 Å². The molecule has 3 heteroatoms. The summed E-state index contributed by atoms with van der Waals surface area (Å²) in [5.74, 6) is -0.932. The van der Waals surface area contributed by atoms with Crippen LogP contribution in [0.5, 0.6) is 0 Å². The zero-order valence-corrected chi connectivity index (χ0v) is 8.82. The summed E-state index contributed by atoms with van der Waals surface area (Å²) in [6, 6.07) is 0. The Morgan fingerprint density at radius 3 is 2.09 bits per heavy atom. The Hall–Kier alpha value is 0.0934. The van der Waals surface area contributed by atoms with Gasteiger partial charge in [0.15, 0.2) is 0 Å². The molecule has 0 atom stereocenters. The van der Waals surface area contributed by atoms with Crippen molar-refractivity contribution in [3.05, 3.63) is 6.92 Å². The number of hydrogen-bond acceptors (Lipinski definition) is 2. The van der Waals surface area contributed by atoms with Crippen molar-refractivity contribution < 1.29 is 29.4 Å². The molecule has 0 aliphatic rings. The van der Waals surface area contributed by atoms with Crippen molar-refractivity contribution in [1.29, 1.82) is 0 Å². The van der Waals surface area contributed by atoms with Gasteiger partial charge in [-0.25, -0.2) is 0 Å². The van der Waals surface area contributed by atoms with Crippen LogP contribution in [0.3, 0.4) is 0 Å². The third-order valence-corrected chi connectivity index (χ3v) is 0.984. The van der Waals surface area contributed by atoms with Crippen molar-refractivity contribution in [2.75, 3.05) is 0 Å². The van der Waals surface area contributed by atoms with E-state index in [1.54, 1.807) is 6.92 Å². The van der Waals surface area contributed by atoms with Crippen LogP contribution in [-0.4, -0.2) is 5.97 Å². The first-order chi connectivity index (χ1) is 4.77. The van der Waals surface area contributed by atoms with Gasteiger partial charge in [-0.05, 0) is 12.8 Å². The average molecular weight is 247 g/mol. The third kappa shape index (κ3) is 25.5. The number of carbonyl (C=O) groups excluding carboxylic acids is 1. The van der Waals surface area contributed by atoms with Gasteiger partial charge in [0.1, 0.15) is 0 Å². The van der Waals surface area contributed by atoms with Gasteiger partial charge in [-0.15, -0.1) is 0 Å². The summed E-state index contributed by atoms with van der Waals surface area (Å²) in [5, 5.41) is 9.76. The second-order valence-electron chi connectivity index (χ2n) is 1.83. The Morgan fingerprint density at radius 2 is 1.82 bits per heavy atom. The fourth-order valence-corrected chi connectivity index (χ4v) is 0.519. The van der Waals surface area contributed by atoms with E-state index >= 15 is 0 Å². The number of hydrogen-bond donors (Lipinski definition) is 0. The molecule has 11 heavy (non-hydrogen) atoms. The van der Waals surface area contributed by atoms with Crippen molar-refractivity contribution in [2.45, 2.75) is 39.5 Å². The van der Waals surface area contributed by atoms with E-state index in [0.717, 1.165) is 19.3 Å². The van der Waals surface area contributed by atoms with Gasteiger partial charge < -0.3 is 16.8 Å². The molecule has 0 N–H and O–H groups in total. The summed E-state index contributed by atoms with van der Waals surface area (Å²) >= 11 is 0. The SMILES string of the molecule is CCCCCC(=O)[O-].[CH2-]C.[Rh+2]. The average Bonchev–Trinajstić information content (AvgIpc) is 1.92. The van der Waals surface area contributed by atoms with E-state index < -0.39 is 5.97 Å². The third-order valence-electron chi connectivity index (χ3n) is 0.984. The standard InChI is InChI=1S/C6H12O2.C2H5.Rh/c1-2-3-4-5-6(7)8;1-2;/h2-5H2,1H3,(H,7,8);1H2,2H3;/q;-1;+2/p-1. The van der Waals surface area contributed by atoms with Crippen molar-refractivity contribution in [3.63, 3.8) is 0 Å². The molecule has 1 radical (unpaired) electrons. The zero-order chi connectivity index (χ0) is 8.41. The van der Waals surface area contributed by atoms with Crippen LogP contribution in [0.15, 0.2) is 0 Å². The molecule has 0 saturated heterocycles. The fraction of sp³-hybridized carbons (Fsp3) is 0.750.